The number of aromatic nitrogens is 5. The lowest BCUT2D eigenvalue weighted by Crippen LogP contribution is -2.36. The predicted octanol–water partition coefficient (Wildman–Crippen LogP) is 2.51. The fraction of sp³-hybridized carbons (Fsp3) is 0.524. The average Bonchev–Trinajstić information content (AvgIpc) is 3.49. The number of hydrogen-bond donors (Lipinski definition) is 1. The summed E-state index contributed by atoms with van der Waals surface area (Å²) >= 11 is 0. The second-order valence-electron chi connectivity index (χ2n) is 8.76. The number of nitrogens with one attached hydrogen (secondary N) is 1. The molecule has 31 heavy (non-hydrogen) atoms. The molecule has 3 aromatic heterocycles. The summed E-state index contributed by atoms with van der Waals surface area (Å²) in [5.41, 5.74) is 2.05. The number of nitrogens with zero attached hydrogens (tertiary/aromatic N) is 6. The van der Waals surface area contributed by atoms with Gasteiger partial charge in [-0.15, -0.1) is 0 Å². The van der Waals surface area contributed by atoms with Gasteiger partial charge >= 0.3 is 0 Å². The molecule has 5 rings (SSSR count). The quantitative estimate of drug-likeness (QED) is 0.630. The number of H-pyrrole nitrogens is 1. The zero-order valence-corrected chi connectivity index (χ0v) is 18.2. The fourth-order valence-corrected chi connectivity index (χ4v) is 7.01. The topological polar surface area (TPSA) is 121 Å². The van der Waals surface area contributed by atoms with Crippen LogP contribution in [0.3, 0.4) is 0 Å². The van der Waals surface area contributed by atoms with E-state index in [1.165, 1.54) is 6.33 Å². The molecule has 3 aromatic rings. The minimum Gasteiger partial charge on any atom is -0.346 e. The standard InChI is InChI=1S/C21H25N7O2S/c1-2-7-31(29,30)27-11-15-8-21(4-5-22,9-16(15)12-27)28-13-17(10-26-28)19-18-3-6-23-20(18)25-14-24-19/h3,6,10,13-16H,2,4,7-9,11-12H2,1H3,(H,23,24,25)/t15-,16+,21-. The van der Waals surface area contributed by atoms with Gasteiger partial charge in [0, 0.05) is 36.4 Å². The molecule has 3 atom stereocenters. The Labute approximate surface area is 181 Å². The van der Waals surface area contributed by atoms with Crippen LogP contribution in [0.2, 0.25) is 0 Å². The number of hydrogen-bond acceptors (Lipinski definition) is 6. The van der Waals surface area contributed by atoms with Crippen LogP contribution in [0.1, 0.15) is 32.6 Å². The molecule has 0 unspecified atom stereocenters. The van der Waals surface area contributed by atoms with E-state index >= 15 is 0 Å². The van der Waals surface area contributed by atoms with Crippen molar-refractivity contribution >= 4 is 21.1 Å². The maximum absolute atomic E-state index is 12.5. The molecule has 0 bridgehead atoms. The van der Waals surface area contributed by atoms with E-state index in [2.05, 4.69) is 26.1 Å². The second-order valence-corrected chi connectivity index (χ2v) is 10.8. The Balaban J connectivity index is 1.42. The molecule has 4 heterocycles. The zero-order valence-electron chi connectivity index (χ0n) is 17.4. The highest BCUT2D eigenvalue weighted by Gasteiger charge is 2.52. The first-order chi connectivity index (χ1) is 15.0. The van der Waals surface area contributed by atoms with Crippen LogP contribution in [-0.2, 0) is 15.6 Å². The van der Waals surface area contributed by atoms with E-state index in [1.807, 2.05) is 30.1 Å². The van der Waals surface area contributed by atoms with Crippen LogP contribution in [0.25, 0.3) is 22.3 Å². The van der Waals surface area contributed by atoms with Crippen molar-refractivity contribution in [3.8, 4) is 17.3 Å². The average molecular weight is 440 g/mol. The molecule has 1 aliphatic carbocycles. The predicted molar refractivity (Wildman–Crippen MR) is 115 cm³/mol. The van der Waals surface area contributed by atoms with Gasteiger partial charge in [-0.05, 0) is 37.2 Å². The highest BCUT2D eigenvalue weighted by Crippen LogP contribution is 2.50. The van der Waals surface area contributed by atoms with Crippen LogP contribution in [0.5, 0.6) is 0 Å². The number of sulfonamides is 1. The Morgan fingerprint density at radius 3 is 2.77 bits per heavy atom. The van der Waals surface area contributed by atoms with Gasteiger partial charge in [-0.2, -0.15) is 10.4 Å². The maximum Gasteiger partial charge on any atom is 0.214 e. The molecule has 1 saturated heterocycles. The highest BCUT2D eigenvalue weighted by molar-refractivity contribution is 7.89. The molecule has 2 fully saturated rings. The van der Waals surface area contributed by atoms with Crippen LogP contribution in [0.15, 0.2) is 31.0 Å². The molecule has 0 spiro atoms. The molecule has 1 aliphatic heterocycles. The number of aromatic amines is 1. The first-order valence-corrected chi connectivity index (χ1v) is 12.2. The highest BCUT2D eigenvalue weighted by atomic mass is 32.2. The fourth-order valence-electron chi connectivity index (χ4n) is 5.40. The third-order valence-corrected chi connectivity index (χ3v) is 8.80. The van der Waals surface area contributed by atoms with Gasteiger partial charge in [-0.1, -0.05) is 6.92 Å². The van der Waals surface area contributed by atoms with Crippen LogP contribution >= 0.6 is 0 Å². The minimum atomic E-state index is -3.18. The lowest BCUT2D eigenvalue weighted by molar-refractivity contribution is 0.240. The molecule has 162 valence electrons. The second kappa shape index (κ2) is 7.43. The first-order valence-electron chi connectivity index (χ1n) is 10.6. The largest absolute Gasteiger partial charge is 0.346 e. The monoisotopic (exact) mass is 439 g/mol. The lowest BCUT2D eigenvalue weighted by atomic mass is 9.92. The van der Waals surface area contributed by atoms with Crippen molar-refractivity contribution in [1.82, 2.24) is 29.0 Å². The summed E-state index contributed by atoms with van der Waals surface area (Å²) in [5.74, 6) is 0.705. The smallest absolute Gasteiger partial charge is 0.214 e. The van der Waals surface area contributed by atoms with E-state index in [0.29, 0.717) is 25.9 Å². The molecular weight excluding hydrogens is 414 g/mol. The molecule has 2 aliphatic rings. The van der Waals surface area contributed by atoms with Gasteiger partial charge in [0.2, 0.25) is 10.0 Å². The third-order valence-electron chi connectivity index (χ3n) is 6.79. The van der Waals surface area contributed by atoms with E-state index in [-0.39, 0.29) is 17.6 Å². The summed E-state index contributed by atoms with van der Waals surface area (Å²) in [6.45, 7) is 2.98. The Bertz CT molecular complexity index is 1240. The summed E-state index contributed by atoms with van der Waals surface area (Å²) in [6, 6.07) is 4.29. The molecule has 9 nitrogen and oxygen atoms in total. The molecule has 1 saturated carbocycles. The molecule has 0 radical (unpaired) electrons. The molecule has 0 amide bonds. The van der Waals surface area contributed by atoms with Gasteiger partial charge in [0.25, 0.3) is 0 Å². The van der Waals surface area contributed by atoms with Crippen LogP contribution in [-0.4, -0.2) is 56.3 Å². The Morgan fingerprint density at radius 2 is 2.06 bits per heavy atom. The molecule has 0 aromatic carbocycles. The van der Waals surface area contributed by atoms with Gasteiger partial charge < -0.3 is 4.98 Å². The lowest BCUT2D eigenvalue weighted by Gasteiger charge is -2.29. The first kappa shape index (κ1) is 20.2. The third kappa shape index (κ3) is 3.32. The van der Waals surface area contributed by atoms with E-state index in [1.54, 1.807) is 10.5 Å². The zero-order chi connectivity index (χ0) is 21.6. The summed E-state index contributed by atoms with van der Waals surface area (Å²) in [6.07, 6.45) is 9.62. The van der Waals surface area contributed by atoms with E-state index in [9.17, 15) is 13.7 Å². The van der Waals surface area contributed by atoms with Gasteiger partial charge in [-0.3, -0.25) is 4.68 Å². The Morgan fingerprint density at radius 1 is 1.29 bits per heavy atom. The van der Waals surface area contributed by atoms with Crippen molar-refractivity contribution in [1.29, 1.82) is 5.26 Å². The Hall–Kier alpha value is -2.77. The van der Waals surface area contributed by atoms with Crippen molar-refractivity contribution in [2.75, 3.05) is 18.8 Å². The van der Waals surface area contributed by atoms with Crippen molar-refractivity contribution in [2.24, 2.45) is 11.8 Å². The van der Waals surface area contributed by atoms with Crippen molar-refractivity contribution < 1.29 is 8.42 Å². The SMILES string of the molecule is CCCS(=O)(=O)N1C[C@@H]2C[C@](CC#N)(n3cc(-c4ncnc5[nH]ccc45)cn3)C[C@@H]2C1. The summed E-state index contributed by atoms with van der Waals surface area (Å²) in [4.78, 5) is 11.8. The van der Waals surface area contributed by atoms with E-state index in [4.69, 9.17) is 0 Å². The molecular formula is C21H25N7O2S. The van der Waals surface area contributed by atoms with E-state index < -0.39 is 15.6 Å². The summed E-state index contributed by atoms with van der Waals surface area (Å²) in [7, 11) is -3.18. The summed E-state index contributed by atoms with van der Waals surface area (Å²) in [5, 5.41) is 15.2. The van der Waals surface area contributed by atoms with Crippen molar-refractivity contribution in [3.63, 3.8) is 0 Å². The maximum atomic E-state index is 12.5. The van der Waals surface area contributed by atoms with Crippen LogP contribution < -0.4 is 0 Å². The van der Waals surface area contributed by atoms with Crippen LogP contribution in [0, 0.1) is 23.2 Å². The molecule has 10 heteroatoms. The van der Waals surface area contributed by atoms with Gasteiger partial charge in [0.1, 0.15) is 12.0 Å². The summed E-state index contributed by atoms with van der Waals surface area (Å²) < 4.78 is 28.6. The van der Waals surface area contributed by atoms with Crippen molar-refractivity contribution in [2.45, 2.75) is 38.1 Å². The Kier molecular flexibility index (Phi) is 4.83. The van der Waals surface area contributed by atoms with Crippen LogP contribution in [0.4, 0.5) is 0 Å². The van der Waals surface area contributed by atoms with Gasteiger partial charge in [0.05, 0.1) is 35.7 Å². The van der Waals surface area contributed by atoms with Crippen molar-refractivity contribution in [3.05, 3.63) is 31.0 Å². The van der Waals surface area contributed by atoms with E-state index in [0.717, 1.165) is 35.1 Å². The number of nitriles is 1. The minimum absolute atomic E-state index is 0.199. The molecule has 1 N–H and O–H groups in total. The van der Waals surface area contributed by atoms with Gasteiger partial charge in [-0.25, -0.2) is 22.7 Å². The van der Waals surface area contributed by atoms with Gasteiger partial charge in [0.15, 0.2) is 0 Å². The normalized spacial score (nSPS) is 26.3. The number of fused-ring (bicyclic) bond motifs is 2. The number of rotatable bonds is 6.